The molecule has 2 N–H and O–H groups in total. The fourth-order valence-electron chi connectivity index (χ4n) is 1.70. The average Bonchev–Trinajstić information content (AvgIpc) is 2.63. The summed E-state index contributed by atoms with van der Waals surface area (Å²) >= 11 is 1.90. The zero-order valence-corrected chi connectivity index (χ0v) is 28.0. The van der Waals surface area contributed by atoms with Crippen LogP contribution in [0.1, 0.15) is 54.4 Å². The summed E-state index contributed by atoms with van der Waals surface area (Å²) in [5.74, 6) is 0. The summed E-state index contributed by atoms with van der Waals surface area (Å²) in [6.45, 7) is 16.4. The van der Waals surface area contributed by atoms with E-state index in [1.807, 2.05) is 36.4 Å². The van der Waals surface area contributed by atoms with E-state index in [-0.39, 0.29) is 55.9 Å². The second kappa shape index (κ2) is 38.4. The number of hydrogen-bond acceptors (Lipinski definition) is 5. The molecule has 0 fully saturated rings. The van der Waals surface area contributed by atoms with Crippen LogP contribution in [0.4, 0.5) is 0 Å². The SMILES string of the molecule is CC.CC(C)N(C)CCC[N+](C)(C)[O-].CC(C)[N-]CCCN(C)C.OO.[CH2-]I.[V].[Y]. The molecular formula is C20H51IN4O3VY-2. The average molecular weight is 662 g/mol. The van der Waals surface area contributed by atoms with Crippen LogP contribution in [-0.4, -0.2) is 98.5 Å². The van der Waals surface area contributed by atoms with E-state index in [1.54, 1.807) is 14.1 Å². The second-order valence-electron chi connectivity index (χ2n) is 7.38. The number of hydrogen-bond donors (Lipinski definition) is 2. The molecule has 0 atom stereocenters. The van der Waals surface area contributed by atoms with Crippen molar-refractivity contribution in [2.24, 2.45) is 0 Å². The van der Waals surface area contributed by atoms with E-state index in [1.165, 1.54) is 6.42 Å². The molecule has 0 unspecified atom stereocenters. The monoisotopic (exact) mass is 662 g/mol. The summed E-state index contributed by atoms with van der Waals surface area (Å²) in [6.07, 6.45) is 2.16. The van der Waals surface area contributed by atoms with E-state index in [9.17, 15) is 5.21 Å². The molecule has 0 rings (SSSR count). The first-order valence-electron chi connectivity index (χ1n) is 9.98. The molecule has 186 valence electrons. The minimum atomic E-state index is -0.175. The van der Waals surface area contributed by atoms with Crippen LogP contribution in [-0.2, 0) is 51.3 Å². The van der Waals surface area contributed by atoms with E-state index < -0.39 is 0 Å². The van der Waals surface area contributed by atoms with Crippen molar-refractivity contribution in [3.8, 4) is 0 Å². The number of quaternary nitrogens is 1. The summed E-state index contributed by atoms with van der Waals surface area (Å²) in [4.78, 5) is 7.67. The van der Waals surface area contributed by atoms with Crippen molar-refractivity contribution < 1.29 is 66.4 Å². The summed E-state index contributed by atoms with van der Waals surface area (Å²) in [7, 11) is 9.66. The van der Waals surface area contributed by atoms with Crippen molar-refractivity contribution in [3.05, 3.63) is 15.5 Å². The molecule has 30 heavy (non-hydrogen) atoms. The molecule has 0 aliphatic carbocycles. The molecule has 7 nitrogen and oxygen atoms in total. The van der Waals surface area contributed by atoms with Gasteiger partial charge < -0.3 is 47.6 Å². The minimum Gasteiger partial charge on any atom is -0.660 e. The number of hydroxylamine groups is 3. The molecule has 0 aromatic rings. The van der Waals surface area contributed by atoms with Crippen LogP contribution in [0.2, 0.25) is 0 Å². The molecule has 0 aliphatic heterocycles. The van der Waals surface area contributed by atoms with Gasteiger partial charge in [0.05, 0.1) is 20.6 Å². The van der Waals surface area contributed by atoms with E-state index >= 15 is 0 Å². The fourth-order valence-corrected chi connectivity index (χ4v) is 1.70. The predicted molar refractivity (Wildman–Crippen MR) is 135 cm³/mol. The minimum absolute atomic E-state index is 0. The van der Waals surface area contributed by atoms with Crippen molar-refractivity contribution in [1.82, 2.24) is 9.80 Å². The van der Waals surface area contributed by atoms with Crippen LogP contribution in [0.15, 0.2) is 0 Å². The van der Waals surface area contributed by atoms with Crippen LogP contribution in [0, 0.1) is 10.1 Å². The molecule has 0 heterocycles. The van der Waals surface area contributed by atoms with Crippen molar-refractivity contribution in [2.45, 2.75) is 66.5 Å². The van der Waals surface area contributed by atoms with Gasteiger partial charge in [0.1, 0.15) is 0 Å². The van der Waals surface area contributed by atoms with Crippen LogP contribution in [0.5, 0.6) is 0 Å². The molecule has 0 saturated carbocycles. The Morgan fingerprint density at radius 2 is 1.37 bits per heavy atom. The van der Waals surface area contributed by atoms with Gasteiger partial charge in [0.2, 0.25) is 0 Å². The zero-order chi connectivity index (χ0) is 23.8. The standard InChI is InChI=1S/C9H22N2O.C8H19N2.C2H6.CH2I.H2O2.V.Y/c1-9(2)10(3)7-6-8-11(4,5)12;1-8(2)9-6-5-7-10(3)4;3*1-2;;/h9H,6-8H2,1-5H3;8H,5-7H2,1-4H3;1-2H3;1H2;1-2H;;/q;-1;;-1;;;. The van der Waals surface area contributed by atoms with Gasteiger partial charge in [-0.25, -0.2) is 0 Å². The fraction of sp³-hybridized carbons (Fsp3) is 0.950. The summed E-state index contributed by atoms with van der Waals surface area (Å²) in [5, 5.41) is 27.5. The second-order valence-corrected chi connectivity index (χ2v) is 7.38. The van der Waals surface area contributed by atoms with Crippen molar-refractivity contribution in [3.63, 3.8) is 0 Å². The van der Waals surface area contributed by atoms with E-state index in [0.717, 1.165) is 26.1 Å². The van der Waals surface area contributed by atoms with Crippen molar-refractivity contribution in [1.29, 1.82) is 0 Å². The summed E-state index contributed by atoms with van der Waals surface area (Å²) < 4.78 is -0.175. The molecule has 0 saturated heterocycles. The van der Waals surface area contributed by atoms with Crippen molar-refractivity contribution >= 4 is 22.6 Å². The largest absolute Gasteiger partial charge is 0.660 e. The molecule has 2 radical (unpaired) electrons. The topological polar surface area (TPSA) is 84.1 Å². The third-order valence-electron chi connectivity index (χ3n) is 3.35. The van der Waals surface area contributed by atoms with Gasteiger partial charge in [-0.2, -0.15) is 0 Å². The van der Waals surface area contributed by atoms with Gasteiger partial charge in [0.15, 0.2) is 0 Å². The Bertz CT molecular complexity index is 255. The van der Waals surface area contributed by atoms with Gasteiger partial charge in [0.25, 0.3) is 0 Å². The third-order valence-corrected chi connectivity index (χ3v) is 3.35. The Morgan fingerprint density at radius 1 is 0.967 bits per heavy atom. The molecule has 0 aliphatic rings. The summed E-state index contributed by atoms with van der Waals surface area (Å²) in [6, 6.07) is 1.08. The smallest absolute Gasteiger partial charge is 0.0792 e. The normalized spacial score (nSPS) is 9.60. The Balaban J connectivity index is -0.0000000537. The van der Waals surface area contributed by atoms with E-state index in [2.05, 4.69) is 68.9 Å². The number of nitrogens with zero attached hydrogens (tertiary/aromatic N) is 4. The molecule has 0 aromatic heterocycles. The van der Waals surface area contributed by atoms with Gasteiger partial charge in [-0.1, -0.05) is 34.1 Å². The van der Waals surface area contributed by atoms with Gasteiger partial charge in [-0.3, -0.25) is 15.4 Å². The molecule has 0 aromatic carbocycles. The van der Waals surface area contributed by atoms with Gasteiger partial charge in [-0.05, 0) is 41.5 Å². The number of rotatable bonds is 10. The van der Waals surface area contributed by atoms with Crippen LogP contribution < -0.4 is 0 Å². The maximum absolute atomic E-state index is 11.2. The molecule has 0 spiro atoms. The Labute approximate surface area is 240 Å². The summed E-state index contributed by atoms with van der Waals surface area (Å²) in [5.41, 5.74) is 0. The van der Waals surface area contributed by atoms with Gasteiger partial charge >= 0.3 is 0 Å². The first-order valence-corrected chi connectivity index (χ1v) is 11.5. The first-order chi connectivity index (χ1) is 13.0. The molecule has 10 heteroatoms. The predicted octanol–water partition coefficient (Wildman–Crippen LogP) is 5.26. The maximum atomic E-state index is 11.2. The quantitative estimate of drug-likeness (QED) is 0.0834. The Kier molecular flexibility index (Phi) is 63.1. The molecule has 0 amide bonds. The van der Waals surface area contributed by atoms with Gasteiger partial charge in [-0.15, -0.1) is 12.6 Å². The van der Waals surface area contributed by atoms with E-state index in [0.29, 0.717) is 18.6 Å². The molecular weight excluding hydrogens is 611 g/mol. The van der Waals surface area contributed by atoms with Crippen LogP contribution in [0.25, 0.3) is 5.32 Å². The maximum Gasteiger partial charge on any atom is 0.0792 e. The number of halogens is 1. The first kappa shape index (κ1) is 49.3. The van der Waals surface area contributed by atoms with E-state index in [4.69, 9.17) is 10.5 Å². The van der Waals surface area contributed by atoms with Crippen molar-refractivity contribution in [2.75, 3.05) is 61.4 Å². The van der Waals surface area contributed by atoms with Crippen LogP contribution >= 0.6 is 22.6 Å². The Hall–Kier alpha value is 2.14. The zero-order valence-electron chi connectivity index (χ0n) is 21.6. The third kappa shape index (κ3) is 63.1. The van der Waals surface area contributed by atoms with Gasteiger partial charge in [0, 0.05) is 70.3 Å². The molecule has 0 bridgehead atoms. The van der Waals surface area contributed by atoms with Crippen LogP contribution in [0.3, 0.4) is 0 Å². The Morgan fingerprint density at radius 3 is 1.63 bits per heavy atom.